The minimum absolute atomic E-state index is 0.196. The summed E-state index contributed by atoms with van der Waals surface area (Å²) in [5.74, 6) is 0.477. The quantitative estimate of drug-likeness (QED) is 0.803. The molecule has 1 amide bonds. The van der Waals surface area contributed by atoms with E-state index in [9.17, 15) is 4.79 Å². The van der Waals surface area contributed by atoms with E-state index >= 15 is 0 Å². The summed E-state index contributed by atoms with van der Waals surface area (Å²) in [6.07, 6.45) is 2.94. The molecule has 1 fully saturated rings. The van der Waals surface area contributed by atoms with Crippen LogP contribution in [-0.2, 0) is 11.2 Å². The lowest BCUT2D eigenvalue weighted by molar-refractivity contribution is 0.0166. The fourth-order valence-electron chi connectivity index (χ4n) is 2.72. The number of hydrogen-bond donors (Lipinski definition) is 0. The molecule has 0 bridgehead atoms. The molecule has 1 aliphatic rings. The lowest BCUT2D eigenvalue weighted by Gasteiger charge is -2.34. The van der Waals surface area contributed by atoms with Gasteiger partial charge in [0.05, 0.1) is 0 Å². The molecule has 1 aliphatic heterocycles. The smallest absolute Gasteiger partial charge is 0.410 e. The van der Waals surface area contributed by atoms with Gasteiger partial charge in [0.2, 0.25) is 0 Å². The van der Waals surface area contributed by atoms with Crippen molar-refractivity contribution in [2.75, 3.05) is 13.1 Å². The normalized spacial score (nSPS) is 19.4. The molecule has 1 saturated heterocycles. The van der Waals surface area contributed by atoms with Crippen LogP contribution >= 0.6 is 11.6 Å². The minimum Gasteiger partial charge on any atom is -0.444 e. The molecule has 0 aliphatic carbocycles. The first kappa shape index (κ1) is 16.2. The predicted octanol–water partition coefficient (Wildman–Crippen LogP) is 4.53. The molecule has 0 saturated carbocycles. The standard InChI is InChI=1S/C17H24ClNO2/c1-17(2,3)21-16(20)19-9-5-7-14(12-19)10-13-6-4-8-15(18)11-13/h4,6,8,11,14H,5,7,9-10,12H2,1-3H3/t14-/m0/s1. The van der Waals surface area contributed by atoms with E-state index in [0.717, 1.165) is 37.4 Å². The maximum Gasteiger partial charge on any atom is 0.410 e. The summed E-state index contributed by atoms with van der Waals surface area (Å²) >= 11 is 6.03. The van der Waals surface area contributed by atoms with E-state index in [1.807, 2.05) is 43.9 Å². The Labute approximate surface area is 132 Å². The van der Waals surface area contributed by atoms with Crippen LogP contribution < -0.4 is 0 Å². The largest absolute Gasteiger partial charge is 0.444 e. The molecule has 2 rings (SSSR count). The lowest BCUT2D eigenvalue weighted by Crippen LogP contribution is -2.43. The Bertz CT molecular complexity index is 496. The monoisotopic (exact) mass is 309 g/mol. The van der Waals surface area contributed by atoms with Crippen LogP contribution in [0.25, 0.3) is 0 Å². The highest BCUT2D eigenvalue weighted by Gasteiger charge is 2.27. The van der Waals surface area contributed by atoms with Crippen LogP contribution in [0.3, 0.4) is 0 Å². The molecule has 1 aromatic rings. The molecule has 3 nitrogen and oxygen atoms in total. The van der Waals surface area contributed by atoms with Gasteiger partial charge in [-0.25, -0.2) is 4.79 Å². The number of benzene rings is 1. The molecule has 4 heteroatoms. The summed E-state index contributed by atoms with van der Waals surface area (Å²) in [6.45, 7) is 7.26. The number of ether oxygens (including phenoxy) is 1. The van der Waals surface area contributed by atoms with Crippen LogP contribution in [0.2, 0.25) is 5.02 Å². The van der Waals surface area contributed by atoms with Crippen molar-refractivity contribution in [3.63, 3.8) is 0 Å². The molecule has 116 valence electrons. The van der Waals surface area contributed by atoms with Crippen molar-refractivity contribution < 1.29 is 9.53 Å². The van der Waals surface area contributed by atoms with Crippen molar-refractivity contribution in [2.24, 2.45) is 5.92 Å². The Morgan fingerprint density at radius 2 is 2.19 bits per heavy atom. The van der Waals surface area contributed by atoms with Gasteiger partial charge in [-0.15, -0.1) is 0 Å². The van der Waals surface area contributed by atoms with Gasteiger partial charge in [0.15, 0.2) is 0 Å². The van der Waals surface area contributed by atoms with Crippen LogP contribution in [0.15, 0.2) is 24.3 Å². The highest BCUT2D eigenvalue weighted by atomic mass is 35.5. The number of hydrogen-bond acceptors (Lipinski definition) is 2. The Balaban J connectivity index is 1.93. The van der Waals surface area contributed by atoms with Crippen molar-refractivity contribution >= 4 is 17.7 Å². The third-order valence-corrected chi connectivity index (χ3v) is 3.82. The Kier molecular flexibility index (Phi) is 5.15. The van der Waals surface area contributed by atoms with Gasteiger partial charge in [0, 0.05) is 18.1 Å². The van der Waals surface area contributed by atoms with Gasteiger partial charge < -0.3 is 9.64 Å². The Morgan fingerprint density at radius 1 is 1.43 bits per heavy atom. The fraction of sp³-hybridized carbons (Fsp3) is 0.588. The highest BCUT2D eigenvalue weighted by Crippen LogP contribution is 2.23. The van der Waals surface area contributed by atoms with Gasteiger partial charge in [-0.2, -0.15) is 0 Å². The number of amides is 1. The van der Waals surface area contributed by atoms with Crippen molar-refractivity contribution in [1.29, 1.82) is 0 Å². The average molecular weight is 310 g/mol. The molecule has 0 N–H and O–H groups in total. The second kappa shape index (κ2) is 6.69. The summed E-state index contributed by atoms with van der Waals surface area (Å²) < 4.78 is 5.46. The number of carbonyl (C=O) groups is 1. The first-order valence-electron chi connectivity index (χ1n) is 7.56. The first-order valence-corrected chi connectivity index (χ1v) is 7.94. The summed E-state index contributed by atoms with van der Waals surface area (Å²) in [4.78, 5) is 14.0. The zero-order chi connectivity index (χ0) is 15.5. The zero-order valence-corrected chi connectivity index (χ0v) is 13.8. The van der Waals surface area contributed by atoms with Crippen LogP contribution in [0, 0.1) is 5.92 Å². The molecule has 0 unspecified atom stereocenters. The van der Waals surface area contributed by atoms with Crippen molar-refractivity contribution in [3.8, 4) is 0 Å². The van der Waals surface area contributed by atoms with Crippen LogP contribution in [0.4, 0.5) is 4.79 Å². The van der Waals surface area contributed by atoms with Crippen LogP contribution in [-0.4, -0.2) is 29.7 Å². The van der Waals surface area contributed by atoms with Crippen molar-refractivity contribution in [2.45, 2.75) is 45.6 Å². The number of rotatable bonds is 2. The van der Waals surface area contributed by atoms with E-state index in [2.05, 4.69) is 6.07 Å². The van der Waals surface area contributed by atoms with Gasteiger partial charge in [-0.05, 0) is 63.6 Å². The topological polar surface area (TPSA) is 29.5 Å². The number of halogens is 1. The van der Waals surface area contributed by atoms with Crippen molar-refractivity contribution in [3.05, 3.63) is 34.9 Å². The summed E-state index contributed by atoms with van der Waals surface area (Å²) in [5, 5.41) is 0.771. The van der Waals surface area contributed by atoms with Gasteiger partial charge in [-0.1, -0.05) is 23.7 Å². The van der Waals surface area contributed by atoms with Gasteiger partial charge in [-0.3, -0.25) is 0 Å². The van der Waals surface area contributed by atoms with Crippen LogP contribution in [0.1, 0.15) is 39.2 Å². The maximum atomic E-state index is 12.1. The van der Waals surface area contributed by atoms with E-state index in [4.69, 9.17) is 16.3 Å². The third kappa shape index (κ3) is 5.24. The number of nitrogens with zero attached hydrogens (tertiary/aromatic N) is 1. The molecular weight excluding hydrogens is 286 g/mol. The zero-order valence-electron chi connectivity index (χ0n) is 13.1. The molecule has 1 atom stereocenters. The predicted molar refractivity (Wildman–Crippen MR) is 85.7 cm³/mol. The third-order valence-electron chi connectivity index (χ3n) is 3.58. The molecule has 0 spiro atoms. The van der Waals surface area contributed by atoms with E-state index < -0.39 is 5.60 Å². The van der Waals surface area contributed by atoms with E-state index in [-0.39, 0.29) is 6.09 Å². The second-order valence-corrected chi connectivity index (χ2v) is 7.21. The average Bonchev–Trinajstić information content (AvgIpc) is 2.37. The van der Waals surface area contributed by atoms with E-state index in [1.165, 1.54) is 5.56 Å². The van der Waals surface area contributed by atoms with Gasteiger partial charge >= 0.3 is 6.09 Å². The SMILES string of the molecule is CC(C)(C)OC(=O)N1CCC[C@@H](Cc2cccc(Cl)c2)C1. The molecule has 0 aromatic heterocycles. The number of piperidine rings is 1. The lowest BCUT2D eigenvalue weighted by atomic mass is 9.91. The van der Waals surface area contributed by atoms with E-state index in [0.29, 0.717) is 5.92 Å². The summed E-state index contributed by atoms with van der Waals surface area (Å²) in [7, 11) is 0. The Hall–Kier alpha value is -1.22. The van der Waals surface area contributed by atoms with Crippen LogP contribution in [0.5, 0.6) is 0 Å². The van der Waals surface area contributed by atoms with E-state index in [1.54, 1.807) is 0 Å². The number of likely N-dealkylation sites (tertiary alicyclic amines) is 1. The molecule has 1 aromatic carbocycles. The molecule has 0 radical (unpaired) electrons. The second-order valence-electron chi connectivity index (χ2n) is 6.77. The Morgan fingerprint density at radius 3 is 2.86 bits per heavy atom. The molecular formula is C17H24ClNO2. The number of carbonyl (C=O) groups excluding carboxylic acids is 1. The summed E-state index contributed by atoms with van der Waals surface area (Å²) in [5.41, 5.74) is 0.801. The molecule has 21 heavy (non-hydrogen) atoms. The highest BCUT2D eigenvalue weighted by molar-refractivity contribution is 6.30. The van der Waals surface area contributed by atoms with Gasteiger partial charge in [0.1, 0.15) is 5.60 Å². The first-order chi connectivity index (χ1) is 9.83. The van der Waals surface area contributed by atoms with Gasteiger partial charge in [0.25, 0.3) is 0 Å². The summed E-state index contributed by atoms with van der Waals surface area (Å²) in [6, 6.07) is 7.97. The maximum absolute atomic E-state index is 12.1. The molecule has 1 heterocycles. The minimum atomic E-state index is -0.434. The van der Waals surface area contributed by atoms with Crippen molar-refractivity contribution in [1.82, 2.24) is 4.90 Å². The fourth-order valence-corrected chi connectivity index (χ4v) is 2.93.